The highest BCUT2D eigenvalue weighted by Crippen LogP contribution is 2.33. The molecular weight excluding hydrogens is 258 g/mol. The van der Waals surface area contributed by atoms with Gasteiger partial charge in [-0.3, -0.25) is 4.68 Å². The smallest absolute Gasteiger partial charge is 0.122 e. The first kappa shape index (κ1) is 12.7. The van der Waals surface area contributed by atoms with Crippen LogP contribution in [0.15, 0.2) is 10.7 Å². The maximum Gasteiger partial charge on any atom is 0.122 e. The summed E-state index contributed by atoms with van der Waals surface area (Å²) in [6.45, 7) is 6.80. The Kier molecular flexibility index (Phi) is 3.92. The highest BCUT2D eigenvalue weighted by molar-refractivity contribution is 9.10. The molecule has 3 N–H and O–H groups in total. The number of nitrogens with zero attached hydrogens (tertiary/aromatic N) is 2. The van der Waals surface area contributed by atoms with Crippen molar-refractivity contribution in [3.8, 4) is 0 Å². The van der Waals surface area contributed by atoms with Gasteiger partial charge in [-0.1, -0.05) is 13.8 Å². The molecule has 0 radical (unpaired) electrons. The number of aryl methyl sites for hydroxylation is 1. The lowest BCUT2D eigenvalue weighted by Crippen LogP contribution is -2.42. The van der Waals surface area contributed by atoms with E-state index in [1.54, 1.807) is 10.9 Å². The molecule has 0 fully saturated rings. The zero-order valence-electron chi connectivity index (χ0n) is 9.37. The first-order chi connectivity index (χ1) is 6.97. The Hall–Kier alpha value is -0.390. The summed E-state index contributed by atoms with van der Waals surface area (Å²) in [5.41, 5.74) is 5.42. The van der Waals surface area contributed by atoms with Gasteiger partial charge in [-0.15, -0.1) is 0 Å². The van der Waals surface area contributed by atoms with Gasteiger partial charge in [-0.2, -0.15) is 5.10 Å². The zero-order chi connectivity index (χ0) is 11.6. The molecule has 1 aromatic heterocycles. The molecule has 0 spiro atoms. The third-order valence-electron chi connectivity index (χ3n) is 2.77. The molecule has 0 aliphatic heterocycles. The van der Waals surface area contributed by atoms with E-state index in [1.807, 2.05) is 20.8 Å². The van der Waals surface area contributed by atoms with Crippen LogP contribution in [-0.4, -0.2) is 21.4 Å². The van der Waals surface area contributed by atoms with Crippen molar-refractivity contribution in [2.45, 2.75) is 32.9 Å². The first-order valence-electron chi connectivity index (χ1n) is 5.11. The molecule has 4 nitrogen and oxygen atoms in total. The van der Waals surface area contributed by atoms with Crippen molar-refractivity contribution in [3.05, 3.63) is 16.4 Å². The molecule has 1 unspecified atom stereocenters. The van der Waals surface area contributed by atoms with Crippen molar-refractivity contribution in [2.24, 2.45) is 11.7 Å². The summed E-state index contributed by atoms with van der Waals surface area (Å²) in [5, 5.41) is 14.7. The Morgan fingerprint density at radius 2 is 2.27 bits per heavy atom. The van der Waals surface area contributed by atoms with Crippen LogP contribution < -0.4 is 5.73 Å². The number of rotatable bonds is 4. The van der Waals surface area contributed by atoms with Crippen LogP contribution in [0.4, 0.5) is 0 Å². The van der Waals surface area contributed by atoms with Crippen LogP contribution in [0.25, 0.3) is 0 Å². The maximum atomic E-state index is 10.5. The van der Waals surface area contributed by atoms with Gasteiger partial charge >= 0.3 is 0 Å². The standard InChI is InChI=1S/C10H18BrN3O/c1-4-14-9(8(11)5-13-14)10(15,6-12)7(2)3/h5,7,15H,4,6,12H2,1-3H3. The van der Waals surface area contributed by atoms with E-state index < -0.39 is 5.60 Å². The van der Waals surface area contributed by atoms with E-state index in [0.29, 0.717) is 0 Å². The van der Waals surface area contributed by atoms with Crippen LogP contribution in [0.2, 0.25) is 0 Å². The van der Waals surface area contributed by atoms with E-state index in [0.717, 1.165) is 16.7 Å². The summed E-state index contributed by atoms with van der Waals surface area (Å²) in [7, 11) is 0. The lowest BCUT2D eigenvalue weighted by Gasteiger charge is -2.31. The van der Waals surface area contributed by atoms with Crippen molar-refractivity contribution in [2.75, 3.05) is 6.54 Å². The molecule has 15 heavy (non-hydrogen) atoms. The lowest BCUT2D eigenvalue weighted by atomic mass is 9.87. The van der Waals surface area contributed by atoms with Crippen LogP contribution in [0.1, 0.15) is 26.5 Å². The van der Waals surface area contributed by atoms with Crippen LogP contribution in [0.5, 0.6) is 0 Å². The second-order valence-corrected chi connectivity index (χ2v) is 4.79. The minimum atomic E-state index is -1.02. The van der Waals surface area contributed by atoms with Gasteiger partial charge in [0, 0.05) is 13.1 Å². The topological polar surface area (TPSA) is 64.1 Å². The van der Waals surface area contributed by atoms with E-state index in [1.165, 1.54) is 0 Å². The molecule has 0 bridgehead atoms. The van der Waals surface area contributed by atoms with E-state index in [9.17, 15) is 5.11 Å². The first-order valence-corrected chi connectivity index (χ1v) is 5.90. The number of aliphatic hydroxyl groups is 1. The Morgan fingerprint density at radius 3 is 2.67 bits per heavy atom. The molecule has 86 valence electrons. The summed E-state index contributed by atoms with van der Waals surface area (Å²) < 4.78 is 2.59. The largest absolute Gasteiger partial charge is 0.382 e. The quantitative estimate of drug-likeness (QED) is 0.875. The summed E-state index contributed by atoms with van der Waals surface area (Å²) in [6.07, 6.45) is 1.70. The Balaban J connectivity index is 3.28. The monoisotopic (exact) mass is 275 g/mol. The highest BCUT2D eigenvalue weighted by atomic mass is 79.9. The molecule has 1 aromatic rings. The van der Waals surface area contributed by atoms with Crippen LogP contribution in [0.3, 0.4) is 0 Å². The van der Waals surface area contributed by atoms with Gasteiger partial charge in [0.2, 0.25) is 0 Å². The molecule has 0 saturated carbocycles. The average molecular weight is 276 g/mol. The Morgan fingerprint density at radius 1 is 1.67 bits per heavy atom. The average Bonchev–Trinajstić information content (AvgIpc) is 2.58. The fourth-order valence-electron chi connectivity index (χ4n) is 1.64. The summed E-state index contributed by atoms with van der Waals surface area (Å²) in [5.74, 6) is 0.0424. The molecule has 5 heteroatoms. The molecule has 1 rings (SSSR count). The minimum Gasteiger partial charge on any atom is -0.382 e. The van der Waals surface area contributed by atoms with E-state index in [-0.39, 0.29) is 12.5 Å². The lowest BCUT2D eigenvalue weighted by molar-refractivity contribution is -0.00999. The number of halogens is 1. The van der Waals surface area contributed by atoms with Crippen molar-refractivity contribution in [1.82, 2.24) is 9.78 Å². The number of aromatic nitrogens is 2. The fourth-order valence-corrected chi connectivity index (χ4v) is 2.28. The molecular formula is C10H18BrN3O. The van der Waals surface area contributed by atoms with Crippen LogP contribution in [0, 0.1) is 5.92 Å². The van der Waals surface area contributed by atoms with Gasteiger partial charge in [-0.25, -0.2) is 0 Å². The van der Waals surface area contributed by atoms with Crippen molar-refractivity contribution >= 4 is 15.9 Å². The van der Waals surface area contributed by atoms with Gasteiger partial charge in [0.15, 0.2) is 0 Å². The third-order valence-corrected chi connectivity index (χ3v) is 3.35. The summed E-state index contributed by atoms with van der Waals surface area (Å²) >= 11 is 3.40. The molecule has 0 aliphatic rings. The number of nitrogens with two attached hydrogens (primary N) is 1. The molecule has 1 atom stereocenters. The maximum absolute atomic E-state index is 10.5. The van der Waals surface area contributed by atoms with Gasteiger partial charge in [0.1, 0.15) is 5.60 Å². The predicted octanol–water partition coefficient (Wildman–Crippen LogP) is 1.47. The zero-order valence-corrected chi connectivity index (χ0v) is 11.0. The van der Waals surface area contributed by atoms with Crippen molar-refractivity contribution < 1.29 is 5.11 Å². The highest BCUT2D eigenvalue weighted by Gasteiger charge is 2.36. The van der Waals surface area contributed by atoms with E-state index in [4.69, 9.17) is 5.73 Å². The van der Waals surface area contributed by atoms with Crippen molar-refractivity contribution in [3.63, 3.8) is 0 Å². The van der Waals surface area contributed by atoms with Gasteiger partial charge < -0.3 is 10.8 Å². The minimum absolute atomic E-state index is 0.0424. The number of hydrogen-bond acceptors (Lipinski definition) is 3. The Labute approximate surface area is 98.6 Å². The second-order valence-electron chi connectivity index (χ2n) is 3.94. The fraction of sp³-hybridized carbons (Fsp3) is 0.700. The Bertz CT molecular complexity index is 337. The molecule has 0 aromatic carbocycles. The van der Waals surface area contributed by atoms with E-state index >= 15 is 0 Å². The van der Waals surface area contributed by atoms with E-state index in [2.05, 4.69) is 21.0 Å². The summed E-state index contributed by atoms with van der Waals surface area (Å²) in [4.78, 5) is 0. The summed E-state index contributed by atoms with van der Waals surface area (Å²) in [6, 6.07) is 0. The second kappa shape index (κ2) is 4.63. The molecule has 0 aliphatic carbocycles. The van der Waals surface area contributed by atoms with Gasteiger partial charge in [0.05, 0.1) is 16.4 Å². The molecule has 0 saturated heterocycles. The van der Waals surface area contributed by atoms with Gasteiger partial charge in [-0.05, 0) is 28.8 Å². The predicted molar refractivity (Wildman–Crippen MR) is 63.4 cm³/mol. The normalized spacial score (nSPS) is 15.7. The third kappa shape index (κ3) is 2.09. The molecule has 1 heterocycles. The van der Waals surface area contributed by atoms with Crippen LogP contribution >= 0.6 is 15.9 Å². The molecule has 0 amide bonds. The SMILES string of the molecule is CCn1ncc(Br)c1C(O)(CN)C(C)C. The van der Waals surface area contributed by atoms with Gasteiger partial charge in [0.25, 0.3) is 0 Å². The number of hydrogen-bond donors (Lipinski definition) is 2. The van der Waals surface area contributed by atoms with Crippen molar-refractivity contribution in [1.29, 1.82) is 0 Å². The van der Waals surface area contributed by atoms with Crippen LogP contribution in [-0.2, 0) is 12.1 Å².